The zero-order chi connectivity index (χ0) is 17.4. The highest BCUT2D eigenvalue weighted by Crippen LogP contribution is 2.22. The Morgan fingerprint density at radius 2 is 1.81 bits per heavy atom. The van der Waals surface area contributed by atoms with Crippen LogP contribution < -0.4 is 16.0 Å². The molecule has 5 nitrogen and oxygen atoms in total. The Labute approximate surface area is 168 Å². The van der Waals surface area contributed by atoms with Crippen LogP contribution in [0.5, 0.6) is 0 Å². The van der Waals surface area contributed by atoms with Crippen molar-refractivity contribution in [2.45, 2.75) is 38.6 Å². The number of nitrogens with zero attached hydrogens (tertiary/aromatic N) is 2. The summed E-state index contributed by atoms with van der Waals surface area (Å²) in [6.45, 7) is 1.26. The molecule has 1 amide bonds. The number of anilines is 1. The molecule has 0 unspecified atom stereocenters. The van der Waals surface area contributed by atoms with Gasteiger partial charge in [-0.2, -0.15) is 0 Å². The molecule has 26 heavy (non-hydrogen) atoms. The van der Waals surface area contributed by atoms with Gasteiger partial charge in [-0.15, -0.1) is 24.8 Å². The van der Waals surface area contributed by atoms with E-state index in [1.165, 1.54) is 0 Å². The Hall–Kier alpha value is -1.56. The number of para-hydroxylation sites is 1. The van der Waals surface area contributed by atoms with Crippen LogP contribution in [0.15, 0.2) is 30.3 Å². The van der Waals surface area contributed by atoms with Crippen molar-refractivity contribution in [1.29, 1.82) is 0 Å². The molecule has 0 aliphatic carbocycles. The summed E-state index contributed by atoms with van der Waals surface area (Å²) in [5.41, 5.74) is 7.53. The zero-order valence-corrected chi connectivity index (χ0v) is 17.2. The molecule has 0 saturated carbocycles. The smallest absolute Gasteiger partial charge is 0.220 e. The van der Waals surface area contributed by atoms with E-state index in [9.17, 15) is 4.79 Å². The summed E-state index contributed by atoms with van der Waals surface area (Å²) in [5.74, 6) is 1.01. The van der Waals surface area contributed by atoms with Gasteiger partial charge in [0.05, 0.1) is 5.52 Å². The molecule has 2 aromatic rings. The Balaban J connectivity index is 0.00000312. The first-order valence-corrected chi connectivity index (χ1v) is 8.64. The van der Waals surface area contributed by atoms with Gasteiger partial charge in [-0.1, -0.05) is 31.0 Å². The molecule has 0 aliphatic rings. The quantitative estimate of drug-likeness (QED) is 0.629. The second-order valence-electron chi connectivity index (χ2n) is 6.28. The number of amides is 1. The third kappa shape index (κ3) is 7.36. The number of nitrogens with one attached hydrogen (secondary N) is 1. The predicted molar refractivity (Wildman–Crippen MR) is 115 cm³/mol. The fourth-order valence-corrected chi connectivity index (χ4v) is 2.67. The van der Waals surface area contributed by atoms with Crippen LogP contribution in [0.2, 0.25) is 0 Å². The van der Waals surface area contributed by atoms with Gasteiger partial charge >= 0.3 is 0 Å². The second-order valence-corrected chi connectivity index (χ2v) is 6.28. The Morgan fingerprint density at radius 3 is 2.50 bits per heavy atom. The summed E-state index contributed by atoms with van der Waals surface area (Å²) in [7, 11) is 3.95. The molecule has 0 radical (unpaired) electrons. The van der Waals surface area contributed by atoms with Gasteiger partial charge in [0.1, 0.15) is 5.82 Å². The number of carbonyl (C=O) groups is 1. The molecular formula is C19H30Cl2N4O. The van der Waals surface area contributed by atoms with Gasteiger partial charge in [0.15, 0.2) is 0 Å². The number of hydrogen-bond donors (Lipinski definition) is 2. The van der Waals surface area contributed by atoms with Crippen molar-refractivity contribution in [3.8, 4) is 0 Å². The minimum absolute atomic E-state index is 0. The molecule has 0 bridgehead atoms. The van der Waals surface area contributed by atoms with Crippen LogP contribution in [0.1, 0.15) is 37.7 Å². The largest absolute Gasteiger partial charge is 0.363 e. The van der Waals surface area contributed by atoms with E-state index >= 15 is 0 Å². The predicted octanol–water partition coefficient (Wildman–Crippen LogP) is 3.67. The summed E-state index contributed by atoms with van der Waals surface area (Å²) in [5, 5.41) is 4.13. The van der Waals surface area contributed by atoms with Gasteiger partial charge in [0.25, 0.3) is 0 Å². The van der Waals surface area contributed by atoms with Crippen molar-refractivity contribution < 1.29 is 4.79 Å². The van der Waals surface area contributed by atoms with Crippen molar-refractivity contribution in [2.24, 2.45) is 5.73 Å². The number of aromatic nitrogens is 1. The van der Waals surface area contributed by atoms with Crippen LogP contribution >= 0.6 is 24.8 Å². The lowest BCUT2D eigenvalue weighted by Gasteiger charge is -2.15. The van der Waals surface area contributed by atoms with Crippen molar-refractivity contribution in [3.63, 3.8) is 0 Å². The number of nitrogens with two attached hydrogens (primary N) is 1. The van der Waals surface area contributed by atoms with Crippen LogP contribution in [0.25, 0.3) is 10.9 Å². The van der Waals surface area contributed by atoms with Gasteiger partial charge in [-0.05, 0) is 37.1 Å². The molecule has 0 aliphatic heterocycles. The van der Waals surface area contributed by atoms with E-state index in [1.807, 2.05) is 43.3 Å². The van der Waals surface area contributed by atoms with E-state index in [1.54, 1.807) is 0 Å². The first-order chi connectivity index (χ1) is 11.6. The average molecular weight is 401 g/mol. The van der Waals surface area contributed by atoms with E-state index in [0.29, 0.717) is 13.0 Å². The fraction of sp³-hybridized carbons (Fsp3) is 0.474. The highest BCUT2D eigenvalue weighted by Gasteiger charge is 2.08. The summed E-state index contributed by atoms with van der Waals surface area (Å²) in [4.78, 5) is 18.7. The highest BCUT2D eigenvalue weighted by molar-refractivity contribution is 5.86. The molecule has 1 aromatic carbocycles. The van der Waals surface area contributed by atoms with Crippen LogP contribution in [-0.4, -0.2) is 31.5 Å². The lowest BCUT2D eigenvalue weighted by molar-refractivity contribution is -0.121. The average Bonchev–Trinajstić information content (AvgIpc) is 2.59. The zero-order valence-electron chi connectivity index (χ0n) is 15.5. The van der Waals surface area contributed by atoms with Gasteiger partial charge in [0, 0.05) is 32.4 Å². The van der Waals surface area contributed by atoms with E-state index in [4.69, 9.17) is 5.73 Å². The van der Waals surface area contributed by atoms with Crippen LogP contribution in [0, 0.1) is 0 Å². The number of pyridine rings is 1. The van der Waals surface area contributed by atoms with E-state index in [-0.39, 0.29) is 30.7 Å². The molecule has 3 N–H and O–H groups in total. The monoisotopic (exact) mass is 400 g/mol. The number of benzene rings is 1. The van der Waals surface area contributed by atoms with Crippen molar-refractivity contribution in [3.05, 3.63) is 35.9 Å². The van der Waals surface area contributed by atoms with Gasteiger partial charge in [0.2, 0.25) is 5.91 Å². The number of fused-ring (bicyclic) bond motifs is 1. The Morgan fingerprint density at radius 1 is 1.12 bits per heavy atom. The molecule has 1 heterocycles. The molecule has 0 saturated heterocycles. The summed E-state index contributed by atoms with van der Waals surface area (Å²) in [6.07, 6.45) is 4.70. The molecule has 0 atom stereocenters. The SMILES string of the molecule is CN(C)c1cc(CNC(=O)CCCCCCN)c2ccccc2n1.Cl.Cl. The van der Waals surface area contributed by atoms with E-state index in [2.05, 4.69) is 16.4 Å². The molecule has 0 fully saturated rings. The maximum atomic E-state index is 12.0. The van der Waals surface area contributed by atoms with Crippen molar-refractivity contribution in [2.75, 3.05) is 25.5 Å². The molecular weight excluding hydrogens is 371 g/mol. The fourth-order valence-electron chi connectivity index (χ4n) is 2.67. The first kappa shape index (κ1) is 24.4. The summed E-state index contributed by atoms with van der Waals surface area (Å²) >= 11 is 0. The van der Waals surface area contributed by atoms with Crippen LogP contribution in [0.3, 0.4) is 0 Å². The molecule has 1 aromatic heterocycles. The number of carbonyl (C=O) groups excluding carboxylic acids is 1. The van der Waals surface area contributed by atoms with Gasteiger partial charge in [-0.25, -0.2) is 4.98 Å². The van der Waals surface area contributed by atoms with E-state index in [0.717, 1.165) is 54.5 Å². The van der Waals surface area contributed by atoms with Crippen LogP contribution in [0.4, 0.5) is 5.82 Å². The second kappa shape index (κ2) is 12.7. The number of rotatable bonds is 9. The third-order valence-corrected chi connectivity index (χ3v) is 4.08. The summed E-state index contributed by atoms with van der Waals surface area (Å²) in [6, 6.07) is 10.1. The Kier molecular flexibility index (Phi) is 12.0. The normalized spacial score (nSPS) is 9.96. The Bertz CT molecular complexity index is 680. The lowest BCUT2D eigenvalue weighted by Crippen LogP contribution is -2.23. The highest BCUT2D eigenvalue weighted by atomic mass is 35.5. The first-order valence-electron chi connectivity index (χ1n) is 8.64. The lowest BCUT2D eigenvalue weighted by atomic mass is 10.1. The van der Waals surface area contributed by atoms with Crippen molar-refractivity contribution in [1.82, 2.24) is 10.3 Å². The van der Waals surface area contributed by atoms with E-state index < -0.39 is 0 Å². The minimum atomic E-state index is 0. The summed E-state index contributed by atoms with van der Waals surface area (Å²) < 4.78 is 0. The molecule has 146 valence electrons. The van der Waals surface area contributed by atoms with Gasteiger partial charge in [-0.3, -0.25) is 4.79 Å². The molecule has 0 spiro atoms. The standard InChI is InChI=1S/C19H28N4O.2ClH/c1-23(2)18-13-15(16-9-6-7-10-17(16)22-18)14-21-19(24)11-5-3-4-8-12-20;;/h6-7,9-10,13H,3-5,8,11-12,14,20H2,1-2H3,(H,21,24);2*1H. The maximum absolute atomic E-state index is 12.0. The maximum Gasteiger partial charge on any atom is 0.220 e. The topological polar surface area (TPSA) is 71.2 Å². The number of hydrogen-bond acceptors (Lipinski definition) is 4. The van der Waals surface area contributed by atoms with Crippen molar-refractivity contribution >= 4 is 47.4 Å². The minimum Gasteiger partial charge on any atom is -0.363 e. The number of halogens is 2. The van der Waals surface area contributed by atoms with Gasteiger partial charge < -0.3 is 16.0 Å². The van der Waals surface area contributed by atoms with Crippen LogP contribution in [-0.2, 0) is 11.3 Å². The number of unbranched alkanes of at least 4 members (excludes halogenated alkanes) is 3. The molecule has 7 heteroatoms. The molecule has 2 rings (SSSR count). The third-order valence-electron chi connectivity index (χ3n) is 4.08.